The van der Waals surface area contributed by atoms with Gasteiger partial charge >= 0.3 is 0 Å². The van der Waals surface area contributed by atoms with Crippen LogP contribution >= 0.6 is 0 Å². The van der Waals surface area contributed by atoms with Crippen molar-refractivity contribution in [3.8, 4) is 11.5 Å². The first-order valence-electron chi connectivity index (χ1n) is 6.12. The molecule has 0 aromatic heterocycles. The highest BCUT2D eigenvalue weighted by atomic mass is 16.5. The van der Waals surface area contributed by atoms with Crippen LogP contribution in [-0.4, -0.2) is 34.3 Å². The number of anilines is 1. The number of nitrogens with one attached hydrogen (secondary N) is 1. The van der Waals surface area contributed by atoms with Crippen LogP contribution in [-0.2, 0) is 4.79 Å². The Morgan fingerprint density at radius 2 is 1.62 bits per heavy atom. The standard InChI is InChI=1S/C15H15NO4.H2O/c17-10-14(18)15(19)16-11-6-8-13(9-7-11)20-12-4-2-1-3-5-12;/h1-9,14,17-18H,10H2,(H,16,19);1H2. The summed E-state index contributed by atoms with van der Waals surface area (Å²) in [5.41, 5.74) is 0.517. The van der Waals surface area contributed by atoms with E-state index in [1.54, 1.807) is 24.3 Å². The van der Waals surface area contributed by atoms with Crippen LogP contribution in [0.3, 0.4) is 0 Å². The Hall–Kier alpha value is -2.41. The zero-order chi connectivity index (χ0) is 14.4. The highest BCUT2D eigenvalue weighted by molar-refractivity contribution is 5.94. The van der Waals surface area contributed by atoms with Crippen LogP contribution in [0.2, 0.25) is 0 Å². The van der Waals surface area contributed by atoms with Gasteiger partial charge in [-0.05, 0) is 36.4 Å². The number of carbonyl (C=O) groups is 1. The summed E-state index contributed by atoms with van der Waals surface area (Å²) >= 11 is 0. The third-order valence-corrected chi connectivity index (χ3v) is 2.58. The van der Waals surface area contributed by atoms with Gasteiger partial charge in [0.05, 0.1) is 6.61 Å². The molecule has 0 bridgehead atoms. The molecular formula is C15H17NO5. The Kier molecular flexibility index (Phi) is 6.35. The monoisotopic (exact) mass is 291 g/mol. The number of amides is 1. The fourth-order valence-corrected chi connectivity index (χ4v) is 1.54. The van der Waals surface area contributed by atoms with Crippen LogP contribution in [0.4, 0.5) is 5.69 Å². The van der Waals surface area contributed by atoms with Gasteiger partial charge in [0, 0.05) is 5.69 Å². The Bertz CT molecular complexity index is 556. The van der Waals surface area contributed by atoms with E-state index in [2.05, 4.69) is 5.32 Å². The van der Waals surface area contributed by atoms with Crippen molar-refractivity contribution in [1.82, 2.24) is 0 Å². The molecule has 1 amide bonds. The molecule has 112 valence electrons. The predicted octanol–water partition coefficient (Wildman–Crippen LogP) is 0.946. The van der Waals surface area contributed by atoms with Crippen LogP contribution in [0.1, 0.15) is 0 Å². The topological polar surface area (TPSA) is 110 Å². The van der Waals surface area contributed by atoms with Crippen molar-refractivity contribution in [3.63, 3.8) is 0 Å². The average molecular weight is 291 g/mol. The summed E-state index contributed by atoms with van der Waals surface area (Å²) in [5, 5.41) is 20.3. The zero-order valence-corrected chi connectivity index (χ0v) is 11.2. The van der Waals surface area contributed by atoms with Crippen LogP contribution in [0.25, 0.3) is 0 Å². The summed E-state index contributed by atoms with van der Waals surface area (Å²) in [7, 11) is 0. The van der Waals surface area contributed by atoms with E-state index in [1.807, 2.05) is 30.3 Å². The minimum atomic E-state index is -1.42. The molecule has 2 aromatic rings. The lowest BCUT2D eigenvalue weighted by Gasteiger charge is -2.10. The fourth-order valence-electron chi connectivity index (χ4n) is 1.54. The molecule has 2 aromatic carbocycles. The van der Waals surface area contributed by atoms with Gasteiger partial charge in [-0.1, -0.05) is 18.2 Å². The van der Waals surface area contributed by atoms with E-state index in [4.69, 9.17) is 14.9 Å². The van der Waals surface area contributed by atoms with Crippen molar-refractivity contribution in [2.75, 3.05) is 11.9 Å². The largest absolute Gasteiger partial charge is 0.457 e. The molecule has 2 rings (SSSR count). The van der Waals surface area contributed by atoms with Crippen molar-refractivity contribution in [3.05, 3.63) is 54.6 Å². The zero-order valence-electron chi connectivity index (χ0n) is 11.2. The highest BCUT2D eigenvalue weighted by Gasteiger charge is 2.13. The summed E-state index contributed by atoms with van der Waals surface area (Å²) in [6, 6.07) is 16.0. The van der Waals surface area contributed by atoms with Gasteiger partial charge in [-0.2, -0.15) is 0 Å². The van der Waals surface area contributed by atoms with E-state index in [9.17, 15) is 4.79 Å². The van der Waals surface area contributed by atoms with Crippen LogP contribution < -0.4 is 10.1 Å². The number of aliphatic hydroxyl groups is 2. The minimum Gasteiger partial charge on any atom is -0.457 e. The summed E-state index contributed by atoms with van der Waals surface area (Å²) in [6.45, 7) is -0.610. The lowest BCUT2D eigenvalue weighted by Crippen LogP contribution is -2.30. The first-order valence-corrected chi connectivity index (χ1v) is 6.12. The molecule has 0 aliphatic carbocycles. The summed E-state index contributed by atoms with van der Waals surface area (Å²) in [6.07, 6.45) is -1.42. The van der Waals surface area contributed by atoms with Gasteiger partial charge in [-0.25, -0.2) is 0 Å². The number of aliphatic hydroxyl groups excluding tert-OH is 2. The first-order chi connectivity index (χ1) is 9.69. The molecule has 0 aliphatic rings. The third-order valence-electron chi connectivity index (χ3n) is 2.58. The van der Waals surface area contributed by atoms with E-state index < -0.39 is 18.6 Å². The summed E-state index contributed by atoms with van der Waals surface area (Å²) in [5.74, 6) is 0.709. The fraction of sp³-hybridized carbons (Fsp3) is 0.133. The molecule has 0 saturated heterocycles. The van der Waals surface area contributed by atoms with Crippen molar-refractivity contribution in [2.24, 2.45) is 0 Å². The molecule has 0 fully saturated rings. The number of para-hydroxylation sites is 1. The number of benzene rings is 2. The Balaban J connectivity index is 0.00000220. The van der Waals surface area contributed by atoms with Crippen molar-refractivity contribution in [1.29, 1.82) is 0 Å². The second-order valence-corrected chi connectivity index (χ2v) is 4.13. The van der Waals surface area contributed by atoms with Gasteiger partial charge in [0.15, 0.2) is 6.10 Å². The van der Waals surface area contributed by atoms with Crippen molar-refractivity contribution < 1.29 is 25.2 Å². The maximum absolute atomic E-state index is 11.4. The maximum atomic E-state index is 11.4. The van der Waals surface area contributed by atoms with E-state index in [0.29, 0.717) is 11.4 Å². The highest BCUT2D eigenvalue weighted by Crippen LogP contribution is 2.22. The molecule has 0 spiro atoms. The van der Waals surface area contributed by atoms with Crippen molar-refractivity contribution in [2.45, 2.75) is 6.10 Å². The number of ether oxygens (including phenoxy) is 1. The predicted molar refractivity (Wildman–Crippen MR) is 78.3 cm³/mol. The second kappa shape index (κ2) is 8.01. The normalized spacial score (nSPS) is 11.1. The summed E-state index contributed by atoms with van der Waals surface area (Å²) < 4.78 is 5.60. The molecule has 1 unspecified atom stereocenters. The molecule has 1 atom stereocenters. The van der Waals surface area contributed by atoms with Gasteiger partial charge in [0.25, 0.3) is 5.91 Å². The van der Waals surface area contributed by atoms with Gasteiger partial charge in [0.2, 0.25) is 0 Å². The van der Waals surface area contributed by atoms with E-state index in [1.165, 1.54) is 0 Å². The van der Waals surface area contributed by atoms with Gasteiger partial charge < -0.3 is 25.7 Å². The molecule has 6 nitrogen and oxygen atoms in total. The number of hydrogen-bond acceptors (Lipinski definition) is 4. The Morgan fingerprint density at radius 3 is 2.19 bits per heavy atom. The van der Waals surface area contributed by atoms with Gasteiger partial charge in [-0.3, -0.25) is 4.79 Å². The smallest absolute Gasteiger partial charge is 0.255 e. The molecule has 0 saturated carbocycles. The SMILES string of the molecule is O.O=C(Nc1ccc(Oc2ccccc2)cc1)C(O)CO. The van der Waals surface area contributed by atoms with Crippen molar-refractivity contribution >= 4 is 11.6 Å². The van der Waals surface area contributed by atoms with Crippen LogP contribution in [0.15, 0.2) is 54.6 Å². The molecular weight excluding hydrogens is 274 g/mol. The van der Waals surface area contributed by atoms with Gasteiger partial charge in [0.1, 0.15) is 11.5 Å². The molecule has 0 heterocycles. The maximum Gasteiger partial charge on any atom is 0.255 e. The lowest BCUT2D eigenvalue weighted by atomic mass is 10.2. The molecule has 0 radical (unpaired) electrons. The number of carbonyl (C=O) groups excluding carboxylic acids is 1. The van der Waals surface area contributed by atoms with E-state index in [-0.39, 0.29) is 5.48 Å². The number of hydrogen-bond donors (Lipinski definition) is 3. The minimum absolute atomic E-state index is 0. The summed E-state index contributed by atoms with van der Waals surface area (Å²) in [4.78, 5) is 11.4. The third kappa shape index (κ3) is 4.88. The molecule has 0 aliphatic heterocycles. The molecule has 21 heavy (non-hydrogen) atoms. The lowest BCUT2D eigenvalue weighted by molar-refractivity contribution is -0.125. The molecule has 5 N–H and O–H groups in total. The first kappa shape index (κ1) is 16.6. The van der Waals surface area contributed by atoms with E-state index >= 15 is 0 Å². The molecule has 6 heteroatoms. The van der Waals surface area contributed by atoms with Gasteiger partial charge in [-0.15, -0.1) is 0 Å². The van der Waals surface area contributed by atoms with Crippen LogP contribution in [0.5, 0.6) is 11.5 Å². The Labute approximate surface area is 121 Å². The Morgan fingerprint density at radius 1 is 1.05 bits per heavy atom. The average Bonchev–Trinajstić information content (AvgIpc) is 2.49. The quantitative estimate of drug-likeness (QED) is 0.761. The van der Waals surface area contributed by atoms with Crippen LogP contribution in [0, 0.1) is 0 Å². The van der Waals surface area contributed by atoms with E-state index in [0.717, 1.165) is 5.75 Å². The number of rotatable bonds is 5. The second-order valence-electron chi connectivity index (χ2n) is 4.13.